The molecule has 140 valence electrons. The minimum Gasteiger partial charge on any atom is -0.444 e. The SMILES string of the molecule is CC.CP.O=C(OCc1c2ccccc2cc2ccccc12)n1ccnc1. The van der Waals surface area contributed by atoms with E-state index in [0.29, 0.717) is 0 Å². The Kier molecular flexibility index (Phi) is 7.97. The van der Waals surface area contributed by atoms with Gasteiger partial charge in [0.15, 0.2) is 0 Å². The monoisotopic (exact) mass is 380 g/mol. The van der Waals surface area contributed by atoms with Gasteiger partial charge in [-0.15, -0.1) is 9.24 Å². The van der Waals surface area contributed by atoms with Crippen LogP contribution in [0.1, 0.15) is 19.4 Å². The highest BCUT2D eigenvalue weighted by atomic mass is 31.0. The molecule has 0 saturated carbocycles. The normalized spacial score (nSPS) is 9.78. The van der Waals surface area contributed by atoms with Crippen molar-refractivity contribution < 1.29 is 9.53 Å². The molecule has 4 nitrogen and oxygen atoms in total. The minimum atomic E-state index is -0.431. The number of hydrogen-bond acceptors (Lipinski definition) is 3. The number of nitrogens with zero attached hydrogens (tertiary/aromatic N) is 2. The van der Waals surface area contributed by atoms with E-state index in [0.717, 1.165) is 27.1 Å². The number of fused-ring (bicyclic) bond motifs is 2. The average Bonchev–Trinajstić information content (AvgIpc) is 3.29. The van der Waals surface area contributed by atoms with Gasteiger partial charge in [0.2, 0.25) is 0 Å². The third-order valence-electron chi connectivity index (χ3n) is 3.94. The quantitative estimate of drug-likeness (QED) is 0.322. The van der Waals surface area contributed by atoms with Crippen molar-refractivity contribution in [2.45, 2.75) is 20.5 Å². The van der Waals surface area contributed by atoms with E-state index < -0.39 is 6.09 Å². The third-order valence-corrected chi connectivity index (χ3v) is 3.94. The smallest absolute Gasteiger partial charge is 0.419 e. The molecule has 1 unspecified atom stereocenters. The zero-order valence-electron chi connectivity index (χ0n) is 15.9. The van der Waals surface area contributed by atoms with Crippen molar-refractivity contribution in [2.24, 2.45) is 0 Å². The summed E-state index contributed by atoms with van der Waals surface area (Å²) in [5.74, 6) is 0. The first-order valence-corrected chi connectivity index (χ1v) is 10.1. The molecule has 1 atom stereocenters. The predicted molar refractivity (Wildman–Crippen MR) is 116 cm³/mol. The molecule has 0 fully saturated rings. The van der Waals surface area contributed by atoms with Crippen LogP contribution in [-0.2, 0) is 11.3 Å². The number of ether oxygens (including phenoxy) is 1. The first-order chi connectivity index (χ1) is 13.3. The fraction of sp³-hybridized carbons (Fsp3) is 0.182. The highest BCUT2D eigenvalue weighted by Gasteiger charge is 2.11. The molecule has 4 aromatic rings. The summed E-state index contributed by atoms with van der Waals surface area (Å²) in [4.78, 5) is 15.9. The van der Waals surface area contributed by atoms with E-state index in [1.807, 2.05) is 44.8 Å². The van der Waals surface area contributed by atoms with Gasteiger partial charge in [-0.2, -0.15) is 0 Å². The van der Waals surface area contributed by atoms with Crippen molar-refractivity contribution in [1.82, 2.24) is 9.55 Å². The second-order valence-electron chi connectivity index (χ2n) is 5.32. The third kappa shape index (κ3) is 4.72. The Balaban J connectivity index is 0.000000614. The van der Waals surface area contributed by atoms with Gasteiger partial charge in [-0.05, 0) is 27.6 Å². The van der Waals surface area contributed by atoms with Gasteiger partial charge in [0.05, 0.1) is 0 Å². The maximum absolute atomic E-state index is 12.1. The van der Waals surface area contributed by atoms with E-state index in [9.17, 15) is 4.79 Å². The lowest BCUT2D eigenvalue weighted by Crippen LogP contribution is -2.11. The van der Waals surface area contributed by atoms with Crippen LogP contribution in [0.5, 0.6) is 0 Å². The number of aromatic nitrogens is 2. The molecule has 1 heterocycles. The van der Waals surface area contributed by atoms with Gasteiger partial charge in [-0.25, -0.2) is 14.3 Å². The summed E-state index contributed by atoms with van der Waals surface area (Å²) < 4.78 is 6.80. The highest BCUT2D eigenvalue weighted by Crippen LogP contribution is 2.29. The Labute approximate surface area is 162 Å². The number of imidazole rings is 1. The molecule has 1 aromatic heterocycles. The minimum absolute atomic E-state index is 0.221. The highest BCUT2D eigenvalue weighted by molar-refractivity contribution is 7.15. The lowest BCUT2D eigenvalue weighted by Gasteiger charge is -2.12. The summed E-state index contributed by atoms with van der Waals surface area (Å²) in [5.41, 5.74) is 1.02. The summed E-state index contributed by atoms with van der Waals surface area (Å²) >= 11 is 0. The Hall–Kier alpha value is -2.71. The standard InChI is InChI=1S/C19H14N2O2.C2H6.CH5P/c22-19(21-10-9-20-13-21)23-12-18-16-7-3-1-5-14(16)11-15-6-2-4-8-17(15)18;2*1-2/h1-11,13H,12H2;1-2H3;2H2,1H3. The second kappa shape index (κ2) is 10.4. The van der Waals surface area contributed by atoms with Gasteiger partial charge >= 0.3 is 6.09 Å². The Morgan fingerprint density at radius 1 is 1.00 bits per heavy atom. The molecule has 0 radical (unpaired) electrons. The van der Waals surface area contributed by atoms with Crippen LogP contribution in [0.15, 0.2) is 73.3 Å². The lowest BCUT2D eigenvalue weighted by molar-refractivity contribution is 0.142. The molecule has 3 aromatic carbocycles. The Morgan fingerprint density at radius 2 is 1.56 bits per heavy atom. The molecule has 0 N–H and O–H groups in total. The second-order valence-corrected chi connectivity index (χ2v) is 5.32. The first kappa shape index (κ1) is 20.6. The van der Waals surface area contributed by atoms with E-state index in [-0.39, 0.29) is 6.61 Å². The lowest BCUT2D eigenvalue weighted by atomic mass is 9.97. The van der Waals surface area contributed by atoms with Crippen molar-refractivity contribution >= 4 is 36.9 Å². The van der Waals surface area contributed by atoms with Crippen LogP contribution in [0, 0.1) is 0 Å². The van der Waals surface area contributed by atoms with Gasteiger partial charge in [0.25, 0.3) is 0 Å². The number of rotatable bonds is 2. The summed E-state index contributed by atoms with van der Waals surface area (Å²) in [6.07, 6.45) is 4.13. The molecule has 0 amide bonds. The summed E-state index contributed by atoms with van der Waals surface area (Å²) in [6, 6.07) is 18.4. The van der Waals surface area contributed by atoms with Gasteiger partial charge < -0.3 is 4.74 Å². The van der Waals surface area contributed by atoms with E-state index >= 15 is 0 Å². The number of carbonyl (C=O) groups excluding carboxylic acids is 1. The molecule has 0 aliphatic rings. The molecule has 0 aliphatic carbocycles. The Morgan fingerprint density at radius 3 is 2.07 bits per heavy atom. The molecular weight excluding hydrogens is 355 g/mol. The van der Waals surface area contributed by atoms with Crippen molar-refractivity contribution in [3.8, 4) is 0 Å². The van der Waals surface area contributed by atoms with Crippen molar-refractivity contribution in [2.75, 3.05) is 6.66 Å². The van der Waals surface area contributed by atoms with E-state index in [1.165, 1.54) is 10.9 Å². The molecule has 5 heteroatoms. The molecule has 0 spiro atoms. The van der Waals surface area contributed by atoms with Crippen molar-refractivity contribution in [3.05, 3.63) is 78.9 Å². The van der Waals surface area contributed by atoms with E-state index in [2.05, 4.69) is 44.6 Å². The number of carbonyl (C=O) groups is 1. The zero-order chi connectivity index (χ0) is 19.6. The first-order valence-electron chi connectivity index (χ1n) is 8.95. The fourth-order valence-electron chi connectivity index (χ4n) is 2.84. The molecule has 0 aliphatic heterocycles. The average molecular weight is 380 g/mol. The van der Waals surface area contributed by atoms with Crippen LogP contribution in [0.3, 0.4) is 0 Å². The van der Waals surface area contributed by atoms with Crippen LogP contribution >= 0.6 is 9.24 Å². The van der Waals surface area contributed by atoms with Crippen LogP contribution in [0.4, 0.5) is 4.79 Å². The molecule has 0 bridgehead atoms. The fourth-order valence-corrected chi connectivity index (χ4v) is 2.84. The molecule has 27 heavy (non-hydrogen) atoms. The maximum Gasteiger partial charge on any atom is 0.419 e. The molecule has 4 rings (SSSR count). The zero-order valence-corrected chi connectivity index (χ0v) is 17.1. The van der Waals surface area contributed by atoms with Gasteiger partial charge in [-0.1, -0.05) is 69.0 Å². The van der Waals surface area contributed by atoms with E-state index in [1.54, 1.807) is 12.4 Å². The molecular formula is C22H25N2O2P. The van der Waals surface area contributed by atoms with Crippen LogP contribution in [0.2, 0.25) is 0 Å². The number of hydrogen-bond donors (Lipinski definition) is 0. The maximum atomic E-state index is 12.1. The topological polar surface area (TPSA) is 44.1 Å². The van der Waals surface area contributed by atoms with Crippen LogP contribution in [0.25, 0.3) is 21.5 Å². The van der Waals surface area contributed by atoms with Crippen molar-refractivity contribution in [1.29, 1.82) is 0 Å². The summed E-state index contributed by atoms with van der Waals surface area (Å²) in [6.45, 7) is 6.14. The largest absolute Gasteiger partial charge is 0.444 e. The van der Waals surface area contributed by atoms with Gasteiger partial charge in [-0.3, -0.25) is 0 Å². The molecule has 0 saturated heterocycles. The van der Waals surface area contributed by atoms with Crippen LogP contribution < -0.4 is 0 Å². The van der Waals surface area contributed by atoms with E-state index in [4.69, 9.17) is 4.74 Å². The summed E-state index contributed by atoms with van der Waals surface area (Å²) in [5, 5.41) is 4.48. The number of benzene rings is 3. The van der Waals surface area contributed by atoms with Crippen LogP contribution in [-0.4, -0.2) is 22.3 Å². The summed E-state index contributed by atoms with van der Waals surface area (Å²) in [7, 11) is 2.42. The van der Waals surface area contributed by atoms with Gasteiger partial charge in [0, 0.05) is 18.0 Å². The van der Waals surface area contributed by atoms with Crippen molar-refractivity contribution in [3.63, 3.8) is 0 Å². The van der Waals surface area contributed by atoms with Gasteiger partial charge in [0.1, 0.15) is 12.9 Å². The Bertz CT molecular complexity index is 944. The predicted octanol–water partition coefficient (Wildman–Crippen LogP) is 5.89.